The number of epoxide rings is 1. The number of hydrogen-bond acceptors (Lipinski definition) is 7. The monoisotopic (exact) mass is 418 g/mol. The van der Waals surface area contributed by atoms with E-state index in [0.717, 1.165) is 18.4 Å². The van der Waals surface area contributed by atoms with E-state index in [2.05, 4.69) is 27.7 Å². The van der Waals surface area contributed by atoms with E-state index < -0.39 is 17.8 Å². The predicted molar refractivity (Wildman–Crippen MR) is 104 cm³/mol. The van der Waals surface area contributed by atoms with Crippen molar-refractivity contribution in [3.05, 3.63) is 24.2 Å². The van der Waals surface area contributed by atoms with Crippen molar-refractivity contribution in [2.45, 2.75) is 70.9 Å². The van der Waals surface area contributed by atoms with Gasteiger partial charge in [0.1, 0.15) is 11.7 Å². The summed E-state index contributed by atoms with van der Waals surface area (Å²) in [6, 6.07) is 1.86. The fourth-order valence-corrected chi connectivity index (χ4v) is 7.37. The van der Waals surface area contributed by atoms with E-state index in [1.807, 2.05) is 6.07 Å². The lowest BCUT2D eigenvalue weighted by Gasteiger charge is -2.61. The molecule has 7 unspecified atom stereocenters. The number of esters is 2. The summed E-state index contributed by atoms with van der Waals surface area (Å²) in [6.45, 7) is 9.01. The third-order valence-electron chi connectivity index (χ3n) is 8.83. The molecule has 7 heteroatoms. The van der Waals surface area contributed by atoms with Crippen LogP contribution in [0.25, 0.3) is 0 Å². The fourth-order valence-electron chi connectivity index (χ4n) is 7.37. The second-order valence-electron chi connectivity index (χ2n) is 10.4. The number of furan rings is 1. The van der Waals surface area contributed by atoms with Crippen LogP contribution in [0.1, 0.15) is 58.6 Å². The molecule has 1 aliphatic carbocycles. The third kappa shape index (κ3) is 2.23. The molecule has 0 bridgehead atoms. The predicted octanol–water partition coefficient (Wildman–Crippen LogP) is 3.43. The number of hydrogen-bond donors (Lipinski definition) is 0. The first-order chi connectivity index (χ1) is 14.1. The number of ether oxygens (including phenoxy) is 4. The van der Waals surface area contributed by atoms with Crippen molar-refractivity contribution >= 4 is 11.9 Å². The van der Waals surface area contributed by atoms with Gasteiger partial charge in [0.15, 0.2) is 6.10 Å². The molecule has 3 saturated heterocycles. The number of carbonyl (C=O) groups excluding carboxylic acids is 2. The molecule has 4 heterocycles. The SMILES string of the molecule is COC1CC(=O)OCC1(C)C1CCC2(C)C(c3ccoc3)OC(=O)C3OC32C1(C)C. The Labute approximate surface area is 176 Å². The van der Waals surface area contributed by atoms with Gasteiger partial charge >= 0.3 is 11.9 Å². The van der Waals surface area contributed by atoms with Crippen LogP contribution in [0.5, 0.6) is 0 Å². The molecule has 1 saturated carbocycles. The van der Waals surface area contributed by atoms with Crippen molar-refractivity contribution in [3.63, 3.8) is 0 Å². The van der Waals surface area contributed by atoms with Crippen molar-refractivity contribution in [2.24, 2.45) is 22.2 Å². The lowest BCUT2D eigenvalue weighted by Crippen LogP contribution is -2.66. The van der Waals surface area contributed by atoms with Gasteiger partial charge in [-0.1, -0.05) is 27.7 Å². The quantitative estimate of drug-likeness (QED) is 0.549. The zero-order valence-electron chi connectivity index (χ0n) is 18.2. The highest BCUT2D eigenvalue weighted by Gasteiger charge is 2.84. The molecule has 7 nitrogen and oxygen atoms in total. The molecular formula is C23H30O7. The first-order valence-electron chi connectivity index (χ1n) is 10.7. The van der Waals surface area contributed by atoms with Gasteiger partial charge in [-0.15, -0.1) is 0 Å². The molecule has 4 aliphatic rings. The van der Waals surface area contributed by atoms with Crippen molar-refractivity contribution in [1.82, 2.24) is 0 Å². The van der Waals surface area contributed by atoms with Crippen molar-refractivity contribution in [3.8, 4) is 0 Å². The molecule has 1 aromatic rings. The maximum atomic E-state index is 12.9. The Kier molecular flexibility index (Phi) is 4.08. The minimum atomic E-state index is -0.650. The normalized spacial score (nSPS) is 47.0. The van der Waals surface area contributed by atoms with Gasteiger partial charge in [-0.25, -0.2) is 4.79 Å². The maximum absolute atomic E-state index is 12.9. The van der Waals surface area contributed by atoms with E-state index in [-0.39, 0.29) is 46.6 Å². The Morgan fingerprint density at radius 3 is 2.57 bits per heavy atom. The van der Waals surface area contributed by atoms with Crippen molar-refractivity contribution in [2.75, 3.05) is 13.7 Å². The van der Waals surface area contributed by atoms with E-state index in [1.54, 1.807) is 19.6 Å². The molecule has 164 valence electrons. The van der Waals surface area contributed by atoms with Gasteiger partial charge in [-0.05, 0) is 24.8 Å². The highest BCUT2D eigenvalue weighted by atomic mass is 16.7. The minimum Gasteiger partial charge on any atom is -0.472 e. The second kappa shape index (κ2) is 6.10. The van der Waals surface area contributed by atoms with Crippen molar-refractivity contribution < 1.29 is 33.0 Å². The zero-order chi connectivity index (χ0) is 21.5. The summed E-state index contributed by atoms with van der Waals surface area (Å²) in [5, 5.41) is 0. The largest absolute Gasteiger partial charge is 0.472 e. The highest BCUT2D eigenvalue weighted by Crippen LogP contribution is 2.75. The van der Waals surface area contributed by atoms with Crippen LogP contribution in [0.3, 0.4) is 0 Å². The summed E-state index contributed by atoms with van der Waals surface area (Å²) in [5.41, 5.74) is -0.920. The molecule has 4 fully saturated rings. The number of methoxy groups -OCH3 is 1. The van der Waals surface area contributed by atoms with E-state index in [9.17, 15) is 9.59 Å². The Morgan fingerprint density at radius 1 is 1.13 bits per heavy atom. The summed E-state index contributed by atoms with van der Waals surface area (Å²) in [6.07, 6.45) is 3.99. The van der Waals surface area contributed by atoms with Crippen LogP contribution in [-0.4, -0.2) is 43.5 Å². The van der Waals surface area contributed by atoms with Gasteiger partial charge in [0.25, 0.3) is 0 Å². The molecule has 30 heavy (non-hydrogen) atoms. The van der Waals surface area contributed by atoms with Gasteiger partial charge in [-0.2, -0.15) is 0 Å². The van der Waals surface area contributed by atoms with Crippen molar-refractivity contribution in [1.29, 1.82) is 0 Å². The maximum Gasteiger partial charge on any atom is 0.339 e. The molecule has 0 amide bonds. The molecule has 3 aliphatic heterocycles. The first kappa shape index (κ1) is 20.1. The number of carbonyl (C=O) groups is 2. The molecule has 5 rings (SSSR count). The topological polar surface area (TPSA) is 87.5 Å². The number of cyclic esters (lactones) is 2. The molecule has 0 N–H and O–H groups in total. The van der Waals surface area contributed by atoms with Gasteiger partial charge < -0.3 is 23.4 Å². The Bertz CT molecular complexity index is 876. The van der Waals surface area contributed by atoms with E-state index in [1.165, 1.54) is 0 Å². The molecule has 1 spiro atoms. The minimum absolute atomic E-state index is 0.136. The fraction of sp³-hybridized carbons (Fsp3) is 0.739. The summed E-state index contributed by atoms with van der Waals surface area (Å²) in [5.74, 6) is -0.398. The van der Waals surface area contributed by atoms with Gasteiger partial charge in [-0.3, -0.25) is 4.79 Å². The molecule has 0 radical (unpaired) electrons. The average molecular weight is 418 g/mol. The van der Waals surface area contributed by atoms with Crippen LogP contribution in [0, 0.1) is 22.2 Å². The lowest BCUT2D eigenvalue weighted by atomic mass is 9.43. The van der Waals surface area contributed by atoms with Gasteiger partial charge in [0, 0.05) is 28.9 Å². The van der Waals surface area contributed by atoms with E-state index in [4.69, 9.17) is 23.4 Å². The smallest absolute Gasteiger partial charge is 0.339 e. The van der Waals surface area contributed by atoms with E-state index >= 15 is 0 Å². The van der Waals surface area contributed by atoms with Crippen LogP contribution in [0.4, 0.5) is 0 Å². The second-order valence-corrected chi connectivity index (χ2v) is 10.4. The average Bonchev–Trinajstić information content (AvgIpc) is 3.28. The third-order valence-corrected chi connectivity index (χ3v) is 8.83. The molecule has 7 atom stereocenters. The molecular weight excluding hydrogens is 388 g/mol. The van der Waals surface area contributed by atoms with Crippen LogP contribution >= 0.6 is 0 Å². The Hall–Kier alpha value is -1.86. The summed E-state index contributed by atoms with van der Waals surface area (Å²) in [7, 11) is 1.66. The Morgan fingerprint density at radius 2 is 1.90 bits per heavy atom. The van der Waals surface area contributed by atoms with Gasteiger partial charge in [0.2, 0.25) is 0 Å². The molecule has 0 aromatic carbocycles. The highest BCUT2D eigenvalue weighted by molar-refractivity contribution is 5.82. The van der Waals surface area contributed by atoms with E-state index in [0.29, 0.717) is 6.61 Å². The summed E-state index contributed by atoms with van der Waals surface area (Å²) < 4.78 is 28.8. The van der Waals surface area contributed by atoms with Crippen LogP contribution in [0.15, 0.2) is 23.0 Å². The summed E-state index contributed by atoms with van der Waals surface area (Å²) >= 11 is 0. The van der Waals surface area contributed by atoms with Crippen LogP contribution < -0.4 is 0 Å². The lowest BCUT2D eigenvalue weighted by molar-refractivity contribution is -0.218. The first-order valence-corrected chi connectivity index (χ1v) is 10.7. The van der Waals surface area contributed by atoms with Gasteiger partial charge in [0.05, 0.1) is 31.7 Å². The number of rotatable bonds is 3. The van der Waals surface area contributed by atoms with Crippen LogP contribution in [0.2, 0.25) is 0 Å². The molecule has 1 aromatic heterocycles. The van der Waals surface area contributed by atoms with Crippen LogP contribution in [-0.2, 0) is 28.5 Å². The standard InChI is InChI=1S/C23H30O7/c1-20(2)14(21(3)12-28-16(24)10-15(21)26-5)6-8-22(4)17(13-7-9-27-11-13)29-19(25)18-23(20,22)30-18/h7,9,11,14-15,17-18H,6,8,10,12H2,1-5H3. The zero-order valence-corrected chi connectivity index (χ0v) is 18.2. The Balaban J connectivity index is 1.57. The summed E-state index contributed by atoms with van der Waals surface area (Å²) in [4.78, 5) is 24.8.